The highest BCUT2D eigenvalue weighted by molar-refractivity contribution is 5.92. The Morgan fingerprint density at radius 1 is 1.39 bits per heavy atom. The van der Waals surface area contributed by atoms with Gasteiger partial charge in [0.15, 0.2) is 5.92 Å². The molecule has 0 amide bonds. The first-order chi connectivity index (χ1) is 11.3. The van der Waals surface area contributed by atoms with Crippen LogP contribution in [0.4, 0.5) is 0 Å². The zero-order valence-corrected chi connectivity index (χ0v) is 13.6. The van der Waals surface area contributed by atoms with Crippen LogP contribution in [-0.4, -0.2) is 38.4 Å². The van der Waals surface area contributed by atoms with Crippen molar-refractivity contribution < 1.29 is 14.4 Å². The number of aliphatic imine (C=N–C) groups is 1. The summed E-state index contributed by atoms with van der Waals surface area (Å²) >= 11 is 0. The van der Waals surface area contributed by atoms with Crippen LogP contribution in [0.1, 0.15) is 31.4 Å². The van der Waals surface area contributed by atoms with E-state index in [-0.39, 0.29) is 12.6 Å². The van der Waals surface area contributed by atoms with E-state index in [0.29, 0.717) is 6.54 Å². The molecular weight excluding hydrogens is 290 g/mol. The minimum atomic E-state index is -0.917. The van der Waals surface area contributed by atoms with Crippen molar-refractivity contribution in [2.24, 2.45) is 10.9 Å². The number of hydrogen-bond donors (Lipinski definition) is 1. The van der Waals surface area contributed by atoms with Crippen molar-refractivity contribution in [3.8, 4) is 6.07 Å². The summed E-state index contributed by atoms with van der Waals surface area (Å²) in [6.07, 6.45) is 3.92. The van der Waals surface area contributed by atoms with Crippen molar-refractivity contribution >= 4 is 12.2 Å². The molecule has 1 aromatic rings. The van der Waals surface area contributed by atoms with Crippen LogP contribution < -0.4 is 4.90 Å². The lowest BCUT2D eigenvalue weighted by Gasteiger charge is -2.23. The Labute approximate surface area is 137 Å². The van der Waals surface area contributed by atoms with E-state index in [2.05, 4.69) is 17.1 Å². The van der Waals surface area contributed by atoms with Gasteiger partial charge >= 0.3 is 5.97 Å². The molecule has 1 aromatic carbocycles. The first-order valence-electron chi connectivity index (χ1n) is 8.22. The average molecular weight is 314 g/mol. The molecule has 2 rings (SSSR count). The quantitative estimate of drug-likeness (QED) is 0.607. The average Bonchev–Trinajstić information content (AvgIpc) is 3.10. The van der Waals surface area contributed by atoms with Crippen molar-refractivity contribution in [2.45, 2.75) is 25.8 Å². The first kappa shape index (κ1) is 17.2. The molecule has 0 unspecified atom stereocenters. The summed E-state index contributed by atoms with van der Waals surface area (Å²) in [5, 5.41) is 9.07. The molecule has 0 aromatic heterocycles. The standard InChI is InChI=1S/C18H23N3O2/c1-2-23-18(22)16(12-19)13-20-14-17(21-10-6-7-11-21)15-8-4-3-5-9-15/h3-5,8-9,13,16-17H,2,6-7,10-11,14H2,1H3/p+1/t16-,17+/m1/s1. The number of nitrogens with zero attached hydrogens (tertiary/aromatic N) is 2. The smallest absolute Gasteiger partial charge is 0.328 e. The summed E-state index contributed by atoms with van der Waals surface area (Å²) in [7, 11) is 0. The number of carbonyl (C=O) groups excluding carboxylic acids is 1. The van der Waals surface area contributed by atoms with Crippen LogP contribution in [0, 0.1) is 17.2 Å². The number of benzene rings is 1. The third-order valence-electron chi connectivity index (χ3n) is 4.16. The summed E-state index contributed by atoms with van der Waals surface area (Å²) in [4.78, 5) is 17.6. The van der Waals surface area contributed by atoms with Gasteiger partial charge < -0.3 is 9.64 Å². The predicted octanol–water partition coefficient (Wildman–Crippen LogP) is 1.18. The minimum absolute atomic E-state index is 0.273. The molecule has 1 saturated heterocycles. The van der Waals surface area contributed by atoms with Gasteiger partial charge in [-0.1, -0.05) is 30.3 Å². The summed E-state index contributed by atoms with van der Waals surface area (Å²) in [5.41, 5.74) is 1.26. The molecule has 5 nitrogen and oxygen atoms in total. The second-order valence-corrected chi connectivity index (χ2v) is 5.70. The Morgan fingerprint density at radius 2 is 2.09 bits per heavy atom. The number of hydrogen-bond acceptors (Lipinski definition) is 4. The number of quaternary nitrogens is 1. The molecule has 1 fully saturated rings. The van der Waals surface area contributed by atoms with Crippen molar-refractivity contribution in [1.82, 2.24) is 0 Å². The maximum absolute atomic E-state index is 11.6. The zero-order chi connectivity index (χ0) is 16.5. The molecule has 23 heavy (non-hydrogen) atoms. The minimum Gasteiger partial charge on any atom is -0.465 e. The highest BCUT2D eigenvalue weighted by Crippen LogP contribution is 2.11. The van der Waals surface area contributed by atoms with Crippen LogP contribution >= 0.6 is 0 Å². The fourth-order valence-electron chi connectivity index (χ4n) is 2.98. The highest BCUT2D eigenvalue weighted by atomic mass is 16.5. The Kier molecular flexibility index (Phi) is 6.76. The molecule has 0 saturated carbocycles. The van der Waals surface area contributed by atoms with Crippen molar-refractivity contribution in [2.75, 3.05) is 26.2 Å². The first-order valence-corrected chi connectivity index (χ1v) is 8.22. The van der Waals surface area contributed by atoms with E-state index in [1.165, 1.54) is 29.5 Å². The summed E-state index contributed by atoms with van der Waals surface area (Å²) in [6.45, 7) is 4.88. The number of rotatable bonds is 7. The Morgan fingerprint density at radius 3 is 2.70 bits per heavy atom. The Hall–Kier alpha value is -2.19. The molecule has 0 aliphatic carbocycles. The zero-order valence-electron chi connectivity index (χ0n) is 13.6. The van der Waals surface area contributed by atoms with Gasteiger partial charge in [-0.05, 0) is 6.92 Å². The van der Waals surface area contributed by atoms with Crippen molar-refractivity contribution in [3.63, 3.8) is 0 Å². The van der Waals surface area contributed by atoms with Gasteiger partial charge in [0, 0.05) is 24.6 Å². The lowest BCUT2D eigenvalue weighted by atomic mass is 10.1. The van der Waals surface area contributed by atoms with Gasteiger partial charge in [-0.3, -0.25) is 9.79 Å². The third kappa shape index (κ3) is 4.90. The SMILES string of the molecule is CCOC(=O)[C@H](C#N)C=NC[C@@H](c1ccccc1)[NH+]1CCCC1. The van der Waals surface area contributed by atoms with Crippen LogP contribution in [0.15, 0.2) is 35.3 Å². The van der Waals surface area contributed by atoms with Gasteiger partial charge in [0.1, 0.15) is 6.04 Å². The molecule has 0 bridgehead atoms. The van der Waals surface area contributed by atoms with Gasteiger partial charge in [-0.15, -0.1) is 0 Å². The monoisotopic (exact) mass is 314 g/mol. The fraction of sp³-hybridized carbons (Fsp3) is 0.500. The van der Waals surface area contributed by atoms with Crippen LogP contribution in [0.2, 0.25) is 0 Å². The topological polar surface area (TPSA) is 66.9 Å². The Bertz CT molecular complexity index is 559. The fourth-order valence-corrected chi connectivity index (χ4v) is 2.98. The van der Waals surface area contributed by atoms with Crippen LogP contribution in [-0.2, 0) is 9.53 Å². The number of carbonyl (C=O) groups is 1. The molecule has 1 N–H and O–H groups in total. The maximum atomic E-state index is 11.6. The van der Waals surface area contributed by atoms with E-state index in [1.54, 1.807) is 6.92 Å². The van der Waals surface area contributed by atoms with Gasteiger partial charge in [-0.25, -0.2) is 0 Å². The summed E-state index contributed by atoms with van der Waals surface area (Å²) in [6, 6.07) is 12.6. The van der Waals surface area contributed by atoms with E-state index >= 15 is 0 Å². The van der Waals surface area contributed by atoms with Crippen molar-refractivity contribution in [1.29, 1.82) is 5.26 Å². The Balaban J connectivity index is 2.04. The molecule has 1 aliphatic rings. The maximum Gasteiger partial charge on any atom is 0.328 e. The number of likely N-dealkylation sites (tertiary alicyclic amines) is 1. The number of nitrogens with one attached hydrogen (secondary N) is 1. The normalized spacial score (nSPS) is 17.7. The molecule has 5 heteroatoms. The highest BCUT2D eigenvalue weighted by Gasteiger charge is 2.27. The summed E-state index contributed by atoms with van der Waals surface area (Å²) in [5.74, 6) is -1.44. The lowest BCUT2D eigenvalue weighted by molar-refractivity contribution is -0.918. The molecular formula is C18H24N3O2+. The molecule has 1 heterocycles. The van der Waals surface area contributed by atoms with E-state index in [1.807, 2.05) is 24.3 Å². The number of esters is 1. The van der Waals surface area contributed by atoms with Crippen molar-refractivity contribution in [3.05, 3.63) is 35.9 Å². The molecule has 2 atom stereocenters. The van der Waals surface area contributed by atoms with Gasteiger partial charge in [-0.2, -0.15) is 5.26 Å². The largest absolute Gasteiger partial charge is 0.465 e. The van der Waals surface area contributed by atoms with Crippen LogP contribution in [0.5, 0.6) is 0 Å². The van der Waals surface area contributed by atoms with E-state index in [4.69, 9.17) is 10.00 Å². The third-order valence-corrected chi connectivity index (χ3v) is 4.16. The number of nitriles is 1. The van der Waals surface area contributed by atoms with Crippen LogP contribution in [0.3, 0.4) is 0 Å². The number of ether oxygens (including phenoxy) is 1. The predicted molar refractivity (Wildman–Crippen MR) is 88.2 cm³/mol. The lowest BCUT2D eigenvalue weighted by Crippen LogP contribution is -3.10. The van der Waals surface area contributed by atoms with E-state index in [0.717, 1.165) is 13.1 Å². The molecule has 1 aliphatic heterocycles. The van der Waals surface area contributed by atoms with Gasteiger partial charge in [0.25, 0.3) is 0 Å². The molecule has 0 spiro atoms. The second-order valence-electron chi connectivity index (χ2n) is 5.70. The van der Waals surface area contributed by atoms with E-state index in [9.17, 15) is 4.79 Å². The summed E-state index contributed by atoms with van der Waals surface area (Å²) < 4.78 is 4.88. The molecule has 122 valence electrons. The second kappa shape index (κ2) is 9.06. The molecule has 0 radical (unpaired) electrons. The van der Waals surface area contributed by atoms with Crippen LogP contribution in [0.25, 0.3) is 0 Å². The van der Waals surface area contributed by atoms with Gasteiger partial charge in [0.05, 0.1) is 32.3 Å². The van der Waals surface area contributed by atoms with E-state index < -0.39 is 11.9 Å². The van der Waals surface area contributed by atoms with Gasteiger partial charge in [0.2, 0.25) is 0 Å².